The number of carbonyl (C=O) groups is 2. The van der Waals surface area contributed by atoms with Crippen molar-refractivity contribution in [2.75, 3.05) is 18.9 Å². The predicted molar refractivity (Wildman–Crippen MR) is 113 cm³/mol. The molecule has 2 rings (SSSR count). The highest BCUT2D eigenvalue weighted by Crippen LogP contribution is 2.29. The van der Waals surface area contributed by atoms with Crippen molar-refractivity contribution in [3.63, 3.8) is 0 Å². The lowest BCUT2D eigenvalue weighted by Crippen LogP contribution is -2.46. The lowest BCUT2D eigenvalue weighted by Gasteiger charge is -2.33. The number of pyridine rings is 1. The lowest BCUT2D eigenvalue weighted by molar-refractivity contribution is -0.192. The first kappa shape index (κ1) is 25.5. The van der Waals surface area contributed by atoms with Gasteiger partial charge < -0.3 is 25.6 Å². The molecule has 0 bridgehead atoms. The SMILES string of the molecule is CC(C)(C)N(CCOc1cc2c(N)nccc2cc1I)C(=O)O.O=C(O)C(F)(F)F. The van der Waals surface area contributed by atoms with Gasteiger partial charge in [0, 0.05) is 17.1 Å². The Morgan fingerprint density at radius 1 is 1.23 bits per heavy atom. The van der Waals surface area contributed by atoms with Crippen molar-refractivity contribution in [1.29, 1.82) is 0 Å². The van der Waals surface area contributed by atoms with E-state index in [1.807, 2.05) is 39.0 Å². The number of nitrogens with zero attached hydrogens (tertiary/aromatic N) is 2. The summed E-state index contributed by atoms with van der Waals surface area (Å²) in [5.74, 6) is -1.63. The van der Waals surface area contributed by atoms with Crippen LogP contribution in [0.3, 0.4) is 0 Å². The van der Waals surface area contributed by atoms with Crippen molar-refractivity contribution < 1.29 is 37.7 Å². The summed E-state index contributed by atoms with van der Waals surface area (Å²) in [4.78, 5) is 25.6. The number of halogens is 4. The molecule has 4 N–H and O–H groups in total. The Morgan fingerprint density at radius 2 is 1.80 bits per heavy atom. The zero-order valence-electron chi connectivity index (χ0n) is 16.3. The van der Waals surface area contributed by atoms with Crippen molar-refractivity contribution in [2.45, 2.75) is 32.5 Å². The van der Waals surface area contributed by atoms with E-state index in [-0.39, 0.29) is 13.2 Å². The average Bonchev–Trinajstić information content (AvgIpc) is 2.57. The molecule has 12 heteroatoms. The summed E-state index contributed by atoms with van der Waals surface area (Å²) in [6.45, 7) is 6.12. The minimum Gasteiger partial charge on any atom is -0.491 e. The molecule has 30 heavy (non-hydrogen) atoms. The maximum atomic E-state index is 11.3. The van der Waals surface area contributed by atoms with Crippen molar-refractivity contribution >= 4 is 51.2 Å². The fraction of sp³-hybridized carbons (Fsp3) is 0.389. The Balaban J connectivity index is 0.000000553. The number of ether oxygens (including phenoxy) is 1. The quantitative estimate of drug-likeness (QED) is 0.494. The van der Waals surface area contributed by atoms with Crippen LogP contribution in [0.5, 0.6) is 5.75 Å². The smallest absolute Gasteiger partial charge is 0.490 e. The van der Waals surface area contributed by atoms with E-state index in [0.29, 0.717) is 11.6 Å². The van der Waals surface area contributed by atoms with Crippen LogP contribution in [0.1, 0.15) is 20.8 Å². The molecule has 1 heterocycles. The Morgan fingerprint density at radius 3 is 2.27 bits per heavy atom. The topological polar surface area (TPSA) is 126 Å². The van der Waals surface area contributed by atoms with Crippen molar-refractivity contribution in [3.05, 3.63) is 28.0 Å². The number of nitrogens with two attached hydrogens (primary N) is 1. The molecular formula is C18H21F3IN3O5. The molecule has 0 unspecified atom stereocenters. The number of anilines is 1. The molecule has 166 valence electrons. The normalized spacial score (nSPS) is 11.4. The van der Waals surface area contributed by atoms with Crippen molar-refractivity contribution in [2.24, 2.45) is 0 Å². The largest absolute Gasteiger partial charge is 0.491 e. The highest BCUT2D eigenvalue weighted by Gasteiger charge is 2.38. The lowest BCUT2D eigenvalue weighted by atomic mass is 10.1. The van der Waals surface area contributed by atoms with Gasteiger partial charge in [-0.2, -0.15) is 13.2 Å². The van der Waals surface area contributed by atoms with Crippen LogP contribution in [0.4, 0.5) is 23.8 Å². The van der Waals surface area contributed by atoms with E-state index < -0.39 is 23.8 Å². The second-order valence-corrected chi connectivity index (χ2v) is 8.12. The maximum absolute atomic E-state index is 11.3. The molecule has 1 amide bonds. The number of hydrogen-bond donors (Lipinski definition) is 3. The van der Waals surface area contributed by atoms with Crippen LogP contribution in [-0.2, 0) is 4.79 Å². The number of amides is 1. The van der Waals surface area contributed by atoms with E-state index in [1.54, 1.807) is 6.20 Å². The molecule has 0 atom stereocenters. The van der Waals surface area contributed by atoms with E-state index in [0.717, 1.165) is 14.3 Å². The third-order valence-corrected chi connectivity index (χ3v) is 4.55. The predicted octanol–water partition coefficient (Wildman–Crippen LogP) is 4.21. The van der Waals surface area contributed by atoms with E-state index in [2.05, 4.69) is 27.6 Å². The zero-order chi connectivity index (χ0) is 23.3. The van der Waals surface area contributed by atoms with Gasteiger partial charge in [-0.05, 0) is 66.9 Å². The molecule has 1 aromatic heterocycles. The third kappa shape index (κ3) is 7.39. The summed E-state index contributed by atoms with van der Waals surface area (Å²) in [5, 5.41) is 18.2. The van der Waals surface area contributed by atoms with Crippen LogP contribution in [0.25, 0.3) is 10.8 Å². The molecule has 0 aliphatic heterocycles. The van der Waals surface area contributed by atoms with Crippen LogP contribution in [0, 0.1) is 3.57 Å². The molecular weight excluding hydrogens is 522 g/mol. The first-order chi connectivity index (χ1) is 13.6. The number of nitrogen functional groups attached to an aromatic ring is 1. The van der Waals surface area contributed by atoms with Crippen LogP contribution in [0.2, 0.25) is 0 Å². The number of rotatable bonds is 4. The van der Waals surface area contributed by atoms with Gasteiger partial charge in [0.05, 0.1) is 10.1 Å². The fourth-order valence-electron chi connectivity index (χ4n) is 2.27. The molecule has 0 aliphatic carbocycles. The molecule has 1 aromatic carbocycles. The van der Waals surface area contributed by atoms with Gasteiger partial charge in [0.25, 0.3) is 0 Å². The Labute approximate surface area is 184 Å². The molecule has 0 aliphatic rings. The summed E-state index contributed by atoms with van der Waals surface area (Å²) in [6, 6.07) is 5.72. The molecule has 0 radical (unpaired) electrons. The van der Waals surface area contributed by atoms with Gasteiger partial charge in [0.2, 0.25) is 0 Å². The van der Waals surface area contributed by atoms with Gasteiger partial charge in [-0.25, -0.2) is 14.6 Å². The van der Waals surface area contributed by atoms with Crippen molar-refractivity contribution in [3.8, 4) is 5.75 Å². The van der Waals surface area contributed by atoms with Crippen molar-refractivity contribution in [1.82, 2.24) is 9.88 Å². The number of benzene rings is 1. The first-order valence-electron chi connectivity index (χ1n) is 8.41. The number of alkyl halides is 3. The maximum Gasteiger partial charge on any atom is 0.490 e. The second-order valence-electron chi connectivity index (χ2n) is 6.96. The number of carboxylic acid groups (broad SMARTS) is 2. The average molecular weight is 543 g/mol. The Hall–Kier alpha value is -2.51. The van der Waals surface area contributed by atoms with Gasteiger partial charge in [-0.15, -0.1) is 0 Å². The highest BCUT2D eigenvalue weighted by atomic mass is 127. The summed E-state index contributed by atoms with van der Waals surface area (Å²) < 4.78 is 38.5. The van der Waals surface area contributed by atoms with E-state index in [4.69, 9.17) is 20.4 Å². The molecule has 0 saturated carbocycles. The van der Waals surface area contributed by atoms with Crippen LogP contribution < -0.4 is 10.5 Å². The minimum atomic E-state index is -5.08. The first-order valence-corrected chi connectivity index (χ1v) is 9.49. The summed E-state index contributed by atoms with van der Waals surface area (Å²) in [5.41, 5.74) is 5.42. The standard InChI is InChI=1S/C16H20IN3O3.C2HF3O2/c1-16(2,3)20(15(21)22)6-7-23-13-9-11-10(8-12(13)17)4-5-19-14(11)18;3-2(4,5)1(6)7/h4-5,8-9H,6-7H2,1-3H3,(H2,18,19)(H,21,22);(H,6,7). The molecule has 2 aromatic rings. The van der Waals surface area contributed by atoms with E-state index in [9.17, 15) is 23.1 Å². The Bertz CT molecular complexity index is 916. The summed E-state index contributed by atoms with van der Waals surface area (Å²) >= 11 is 2.19. The Kier molecular flexibility index (Phi) is 8.51. The summed E-state index contributed by atoms with van der Waals surface area (Å²) in [7, 11) is 0. The number of carboxylic acids is 1. The van der Waals surface area contributed by atoms with Gasteiger partial charge in [0.15, 0.2) is 0 Å². The number of aromatic nitrogens is 1. The molecule has 0 spiro atoms. The number of aliphatic carboxylic acids is 1. The molecule has 8 nitrogen and oxygen atoms in total. The number of hydrogen-bond acceptors (Lipinski definition) is 5. The zero-order valence-corrected chi connectivity index (χ0v) is 18.5. The van der Waals surface area contributed by atoms with E-state index >= 15 is 0 Å². The third-order valence-electron chi connectivity index (χ3n) is 3.70. The minimum absolute atomic E-state index is 0.269. The van der Waals surface area contributed by atoms with E-state index in [1.165, 1.54) is 4.90 Å². The monoisotopic (exact) mass is 543 g/mol. The number of fused-ring (bicyclic) bond motifs is 1. The van der Waals surface area contributed by atoms with Gasteiger partial charge >= 0.3 is 18.2 Å². The van der Waals surface area contributed by atoms with Crippen LogP contribution in [0.15, 0.2) is 24.4 Å². The van der Waals surface area contributed by atoms with Gasteiger partial charge in [-0.1, -0.05) is 0 Å². The highest BCUT2D eigenvalue weighted by molar-refractivity contribution is 14.1. The van der Waals surface area contributed by atoms with Crippen LogP contribution in [-0.4, -0.2) is 57.0 Å². The molecule has 0 saturated heterocycles. The summed E-state index contributed by atoms with van der Waals surface area (Å²) in [6.07, 6.45) is -4.37. The fourth-order valence-corrected chi connectivity index (χ4v) is 2.92. The van der Waals surface area contributed by atoms with Crippen LogP contribution >= 0.6 is 22.6 Å². The second kappa shape index (κ2) is 10.00. The van der Waals surface area contributed by atoms with Gasteiger partial charge in [0.1, 0.15) is 18.2 Å². The molecule has 0 fully saturated rings. The van der Waals surface area contributed by atoms with Gasteiger partial charge in [-0.3, -0.25) is 0 Å².